The quantitative estimate of drug-likeness (QED) is 0.783. The largest absolute Gasteiger partial charge is 0.341 e. The van der Waals surface area contributed by atoms with E-state index in [1.807, 2.05) is 28.0 Å². The summed E-state index contributed by atoms with van der Waals surface area (Å²) in [5.41, 5.74) is 1.43. The van der Waals surface area contributed by atoms with Crippen LogP contribution >= 0.6 is 0 Å². The van der Waals surface area contributed by atoms with Gasteiger partial charge in [-0.1, -0.05) is 36.9 Å². The number of aryl methyl sites for hydroxylation is 1. The molecular weight excluding hydrogens is 288 g/mol. The normalized spacial score (nSPS) is 18.8. The van der Waals surface area contributed by atoms with Crippen LogP contribution in [0.4, 0.5) is 0 Å². The first kappa shape index (κ1) is 15.8. The predicted octanol–water partition coefficient (Wildman–Crippen LogP) is 2.26. The third kappa shape index (κ3) is 3.46. The maximum absolute atomic E-state index is 12.3. The molecule has 0 aromatic heterocycles. The average Bonchev–Trinajstić information content (AvgIpc) is 2.99. The minimum atomic E-state index is 0.00881. The van der Waals surface area contributed by atoms with E-state index in [1.54, 1.807) is 0 Å². The summed E-state index contributed by atoms with van der Waals surface area (Å²) in [4.78, 5) is 27.7. The van der Waals surface area contributed by atoms with Crippen LogP contribution in [-0.4, -0.2) is 47.8 Å². The molecular formula is C19H24N2O2. The highest BCUT2D eigenvalue weighted by atomic mass is 16.2. The minimum absolute atomic E-state index is 0.00881. The van der Waals surface area contributed by atoms with Crippen molar-refractivity contribution >= 4 is 11.8 Å². The third-order valence-electron chi connectivity index (χ3n) is 5.03. The lowest BCUT2D eigenvalue weighted by Crippen LogP contribution is -2.59. The van der Waals surface area contributed by atoms with Crippen molar-refractivity contribution in [1.29, 1.82) is 0 Å². The van der Waals surface area contributed by atoms with Crippen molar-refractivity contribution in [3.63, 3.8) is 0 Å². The van der Waals surface area contributed by atoms with Gasteiger partial charge in [0.25, 0.3) is 0 Å². The molecule has 3 rings (SSSR count). The zero-order chi connectivity index (χ0) is 16.3. The van der Waals surface area contributed by atoms with Crippen LogP contribution in [0.3, 0.4) is 0 Å². The Hall–Kier alpha value is -2.10. The summed E-state index contributed by atoms with van der Waals surface area (Å²) in [5, 5.41) is 0. The number of amides is 2. The van der Waals surface area contributed by atoms with Gasteiger partial charge < -0.3 is 9.80 Å². The summed E-state index contributed by atoms with van der Waals surface area (Å²) >= 11 is 0. The van der Waals surface area contributed by atoms with Crippen molar-refractivity contribution in [1.82, 2.24) is 9.80 Å². The van der Waals surface area contributed by atoms with Crippen molar-refractivity contribution in [2.45, 2.75) is 25.7 Å². The summed E-state index contributed by atoms with van der Waals surface area (Å²) in [6, 6.07) is 10.3. The van der Waals surface area contributed by atoms with Gasteiger partial charge in [-0.25, -0.2) is 0 Å². The summed E-state index contributed by atoms with van der Waals surface area (Å²) in [5.74, 6) is 0.259. The van der Waals surface area contributed by atoms with Crippen LogP contribution in [0.2, 0.25) is 0 Å². The lowest BCUT2D eigenvalue weighted by atomic mass is 9.79. The smallest absolute Gasteiger partial charge is 0.245 e. The van der Waals surface area contributed by atoms with Gasteiger partial charge in [-0.15, -0.1) is 0 Å². The Kier molecular flexibility index (Phi) is 4.51. The highest BCUT2D eigenvalue weighted by molar-refractivity contribution is 5.87. The van der Waals surface area contributed by atoms with Gasteiger partial charge in [-0.2, -0.15) is 0 Å². The SMILES string of the molecule is C=CC(=O)N1CCC2(C1)CN(C(=O)CCCc1ccccc1)C2. The third-order valence-corrected chi connectivity index (χ3v) is 5.03. The number of carbonyl (C=O) groups excluding carboxylic acids is 2. The number of nitrogens with zero attached hydrogens (tertiary/aromatic N) is 2. The molecule has 0 saturated carbocycles. The number of benzene rings is 1. The van der Waals surface area contributed by atoms with Gasteiger partial charge in [-0.3, -0.25) is 9.59 Å². The average molecular weight is 312 g/mol. The van der Waals surface area contributed by atoms with Gasteiger partial charge in [0.2, 0.25) is 11.8 Å². The highest BCUT2D eigenvalue weighted by Crippen LogP contribution is 2.39. The van der Waals surface area contributed by atoms with Gasteiger partial charge in [-0.05, 0) is 30.9 Å². The van der Waals surface area contributed by atoms with Crippen molar-refractivity contribution in [2.24, 2.45) is 5.41 Å². The van der Waals surface area contributed by atoms with E-state index in [-0.39, 0.29) is 17.2 Å². The van der Waals surface area contributed by atoms with Crippen LogP contribution in [0, 0.1) is 5.41 Å². The van der Waals surface area contributed by atoms with Crippen molar-refractivity contribution in [2.75, 3.05) is 26.2 Å². The second-order valence-electron chi connectivity index (χ2n) is 6.80. The second-order valence-corrected chi connectivity index (χ2v) is 6.80. The van der Waals surface area contributed by atoms with E-state index in [0.29, 0.717) is 6.42 Å². The number of hydrogen-bond acceptors (Lipinski definition) is 2. The van der Waals surface area contributed by atoms with E-state index in [2.05, 4.69) is 18.7 Å². The first-order valence-corrected chi connectivity index (χ1v) is 8.35. The van der Waals surface area contributed by atoms with E-state index in [4.69, 9.17) is 0 Å². The van der Waals surface area contributed by atoms with Crippen molar-refractivity contribution < 1.29 is 9.59 Å². The molecule has 1 aromatic carbocycles. The molecule has 0 N–H and O–H groups in total. The van der Waals surface area contributed by atoms with Crippen LogP contribution in [0.15, 0.2) is 43.0 Å². The molecule has 1 spiro atoms. The number of hydrogen-bond donors (Lipinski definition) is 0. The first-order valence-electron chi connectivity index (χ1n) is 8.35. The number of carbonyl (C=O) groups is 2. The molecule has 0 bridgehead atoms. The molecule has 0 atom stereocenters. The summed E-state index contributed by atoms with van der Waals surface area (Å²) in [6.07, 6.45) is 4.84. The Labute approximate surface area is 137 Å². The minimum Gasteiger partial charge on any atom is -0.341 e. The van der Waals surface area contributed by atoms with E-state index in [1.165, 1.54) is 11.6 Å². The Bertz CT molecular complexity index is 591. The highest BCUT2D eigenvalue weighted by Gasteiger charge is 2.49. The molecule has 122 valence electrons. The van der Waals surface area contributed by atoms with E-state index in [0.717, 1.165) is 45.4 Å². The van der Waals surface area contributed by atoms with E-state index in [9.17, 15) is 9.59 Å². The Balaban J connectivity index is 1.40. The molecule has 2 aliphatic rings. The van der Waals surface area contributed by atoms with Crippen molar-refractivity contribution in [3.05, 3.63) is 48.6 Å². The first-order chi connectivity index (χ1) is 11.1. The van der Waals surface area contributed by atoms with Gasteiger partial charge in [0, 0.05) is 38.0 Å². The summed E-state index contributed by atoms with van der Waals surface area (Å²) < 4.78 is 0. The summed E-state index contributed by atoms with van der Waals surface area (Å²) in [6.45, 7) is 6.71. The topological polar surface area (TPSA) is 40.6 Å². The zero-order valence-corrected chi connectivity index (χ0v) is 13.5. The molecule has 0 aliphatic carbocycles. The molecule has 2 heterocycles. The maximum atomic E-state index is 12.3. The molecule has 0 unspecified atom stereocenters. The number of likely N-dealkylation sites (tertiary alicyclic amines) is 2. The van der Waals surface area contributed by atoms with Gasteiger partial charge >= 0.3 is 0 Å². The van der Waals surface area contributed by atoms with Gasteiger partial charge in [0.05, 0.1) is 0 Å². The van der Waals surface area contributed by atoms with Crippen LogP contribution in [-0.2, 0) is 16.0 Å². The van der Waals surface area contributed by atoms with Crippen LogP contribution in [0.5, 0.6) is 0 Å². The summed E-state index contributed by atoms with van der Waals surface area (Å²) in [7, 11) is 0. The predicted molar refractivity (Wildman–Crippen MR) is 89.8 cm³/mol. The molecule has 2 aliphatic heterocycles. The standard InChI is InChI=1S/C19H24N2O2/c1-2-17(22)20-12-11-19(13-20)14-21(15-19)18(23)10-6-9-16-7-4-3-5-8-16/h2-5,7-8H,1,6,9-15H2. The Morgan fingerprint density at radius 1 is 1.13 bits per heavy atom. The fourth-order valence-electron chi connectivity index (χ4n) is 3.70. The van der Waals surface area contributed by atoms with Crippen LogP contribution < -0.4 is 0 Å². The van der Waals surface area contributed by atoms with E-state index >= 15 is 0 Å². The molecule has 1 aromatic rings. The monoisotopic (exact) mass is 312 g/mol. The lowest BCUT2D eigenvalue weighted by Gasteiger charge is -2.48. The molecule has 2 fully saturated rings. The molecule has 2 amide bonds. The molecule has 4 nitrogen and oxygen atoms in total. The maximum Gasteiger partial charge on any atom is 0.245 e. The van der Waals surface area contributed by atoms with Crippen LogP contribution in [0.1, 0.15) is 24.8 Å². The zero-order valence-electron chi connectivity index (χ0n) is 13.5. The van der Waals surface area contributed by atoms with Crippen molar-refractivity contribution in [3.8, 4) is 0 Å². The van der Waals surface area contributed by atoms with E-state index < -0.39 is 0 Å². The number of rotatable bonds is 5. The molecule has 2 saturated heterocycles. The fraction of sp³-hybridized carbons (Fsp3) is 0.474. The van der Waals surface area contributed by atoms with Gasteiger partial charge in [0.15, 0.2) is 0 Å². The Morgan fingerprint density at radius 2 is 1.83 bits per heavy atom. The molecule has 4 heteroatoms. The molecule has 0 radical (unpaired) electrons. The lowest BCUT2D eigenvalue weighted by molar-refractivity contribution is -0.143. The van der Waals surface area contributed by atoms with Gasteiger partial charge in [0.1, 0.15) is 0 Å². The second kappa shape index (κ2) is 6.57. The van der Waals surface area contributed by atoms with Crippen LogP contribution in [0.25, 0.3) is 0 Å². The molecule has 23 heavy (non-hydrogen) atoms. The Morgan fingerprint density at radius 3 is 2.52 bits per heavy atom. The fourth-order valence-corrected chi connectivity index (χ4v) is 3.70.